The minimum absolute atomic E-state index is 0.0188. The van der Waals surface area contributed by atoms with Gasteiger partial charge in [-0.3, -0.25) is 9.59 Å². The molecule has 5 rings (SSSR count). The summed E-state index contributed by atoms with van der Waals surface area (Å²) in [4.78, 5) is 39.0. The zero-order valence-electron chi connectivity index (χ0n) is 19.6. The Hall–Kier alpha value is -3.00. The van der Waals surface area contributed by atoms with Crippen molar-refractivity contribution in [1.29, 1.82) is 0 Å². The molecule has 35 heavy (non-hydrogen) atoms. The van der Waals surface area contributed by atoms with Gasteiger partial charge in [0.25, 0.3) is 0 Å². The first-order valence-corrected chi connectivity index (χ1v) is 13.3. The third kappa shape index (κ3) is 4.89. The summed E-state index contributed by atoms with van der Waals surface area (Å²) in [5, 5.41) is 12.2. The van der Waals surface area contributed by atoms with E-state index in [0.717, 1.165) is 36.1 Å². The van der Waals surface area contributed by atoms with E-state index >= 15 is 0 Å². The van der Waals surface area contributed by atoms with Crippen LogP contribution in [0.15, 0.2) is 48.5 Å². The first kappa shape index (κ1) is 23.7. The van der Waals surface area contributed by atoms with Gasteiger partial charge in [0.2, 0.25) is 5.91 Å². The topological polar surface area (TPSA) is 95.9 Å². The van der Waals surface area contributed by atoms with E-state index in [1.807, 2.05) is 24.3 Å². The molecule has 1 aliphatic heterocycles. The number of thioether (sulfide) groups is 1. The maximum Gasteiger partial charge on any atom is 0.407 e. The van der Waals surface area contributed by atoms with Crippen LogP contribution < -0.4 is 5.32 Å². The van der Waals surface area contributed by atoms with Crippen LogP contribution >= 0.6 is 11.8 Å². The highest BCUT2D eigenvalue weighted by Gasteiger charge is 2.43. The fraction of sp³-hybridized carbons (Fsp3) is 0.444. The van der Waals surface area contributed by atoms with Gasteiger partial charge in [-0.05, 0) is 41.5 Å². The van der Waals surface area contributed by atoms with Gasteiger partial charge < -0.3 is 20.1 Å². The number of hydrogen-bond donors (Lipinski definition) is 2. The van der Waals surface area contributed by atoms with Crippen molar-refractivity contribution in [2.45, 2.75) is 49.6 Å². The van der Waals surface area contributed by atoms with Crippen LogP contribution in [0.1, 0.15) is 49.1 Å². The number of amides is 2. The fourth-order valence-corrected chi connectivity index (χ4v) is 6.61. The molecule has 2 aromatic carbocycles. The molecule has 1 heterocycles. The van der Waals surface area contributed by atoms with Gasteiger partial charge in [0.15, 0.2) is 0 Å². The maximum absolute atomic E-state index is 13.2. The lowest BCUT2D eigenvalue weighted by molar-refractivity contribution is -0.141. The van der Waals surface area contributed by atoms with Crippen LogP contribution in [0.5, 0.6) is 0 Å². The molecule has 8 heteroatoms. The van der Waals surface area contributed by atoms with Crippen molar-refractivity contribution in [3.63, 3.8) is 0 Å². The van der Waals surface area contributed by atoms with Gasteiger partial charge in [-0.1, -0.05) is 48.5 Å². The third-order valence-corrected chi connectivity index (χ3v) is 8.56. The normalized spacial score (nSPS) is 20.3. The number of aliphatic carboxylic acids is 1. The highest BCUT2D eigenvalue weighted by atomic mass is 32.2. The van der Waals surface area contributed by atoms with E-state index in [0.29, 0.717) is 12.3 Å². The van der Waals surface area contributed by atoms with Gasteiger partial charge in [-0.2, -0.15) is 11.8 Å². The Labute approximate surface area is 209 Å². The SMILES string of the molecule is O=C(O)CC1CSCCN1C(=O)CC1(NC(=O)OCC2c3ccccc3-c3ccccc32)CCC1. The lowest BCUT2D eigenvalue weighted by Gasteiger charge is -2.44. The van der Waals surface area contributed by atoms with Crippen molar-refractivity contribution in [3.8, 4) is 11.1 Å². The van der Waals surface area contributed by atoms with E-state index < -0.39 is 17.6 Å². The highest BCUT2D eigenvalue weighted by Crippen LogP contribution is 2.44. The average molecular weight is 495 g/mol. The number of carbonyl (C=O) groups is 3. The zero-order chi connectivity index (χ0) is 24.4. The monoisotopic (exact) mass is 494 g/mol. The van der Waals surface area contributed by atoms with Gasteiger partial charge in [-0.15, -0.1) is 0 Å². The molecule has 1 saturated carbocycles. The zero-order valence-corrected chi connectivity index (χ0v) is 20.4. The first-order valence-electron chi connectivity index (χ1n) is 12.2. The van der Waals surface area contributed by atoms with Crippen LogP contribution in [0.4, 0.5) is 4.79 Å². The number of rotatable bonds is 7. The summed E-state index contributed by atoms with van der Waals surface area (Å²) in [6.07, 6.45) is 2.00. The molecule has 184 valence electrons. The molecule has 1 saturated heterocycles. The van der Waals surface area contributed by atoms with Crippen molar-refractivity contribution in [2.24, 2.45) is 0 Å². The second kappa shape index (κ2) is 9.93. The van der Waals surface area contributed by atoms with Crippen LogP contribution in [0.25, 0.3) is 11.1 Å². The van der Waals surface area contributed by atoms with E-state index in [9.17, 15) is 19.5 Å². The van der Waals surface area contributed by atoms with Crippen molar-refractivity contribution >= 4 is 29.7 Å². The summed E-state index contributed by atoms with van der Waals surface area (Å²) in [6, 6.07) is 16.1. The number of benzene rings is 2. The predicted molar refractivity (Wildman–Crippen MR) is 134 cm³/mol. The van der Waals surface area contributed by atoms with E-state index in [-0.39, 0.29) is 37.3 Å². The molecule has 2 fully saturated rings. The van der Waals surface area contributed by atoms with Gasteiger partial charge in [0.1, 0.15) is 6.61 Å². The Balaban J connectivity index is 1.22. The smallest absolute Gasteiger partial charge is 0.407 e. The van der Waals surface area contributed by atoms with Crippen molar-refractivity contribution < 1.29 is 24.2 Å². The molecule has 7 nitrogen and oxygen atoms in total. The number of hydrogen-bond acceptors (Lipinski definition) is 5. The molecule has 1 atom stereocenters. The largest absolute Gasteiger partial charge is 0.481 e. The average Bonchev–Trinajstić information content (AvgIpc) is 3.15. The standard InChI is InChI=1S/C27H30N2O5S/c30-24(29-12-13-35-17-18(29)14-25(31)32)15-27(10-5-11-27)28-26(33)34-16-23-21-8-3-1-6-19(21)20-7-2-4-9-22(20)23/h1-4,6-9,18,23H,5,10-17H2,(H,28,33)(H,31,32). The minimum atomic E-state index is -0.898. The Kier molecular flexibility index (Phi) is 6.73. The molecule has 2 amide bonds. The summed E-state index contributed by atoms with van der Waals surface area (Å²) in [5.41, 5.74) is 4.05. The molecule has 2 N–H and O–H groups in total. The number of alkyl carbamates (subject to hydrolysis) is 1. The Morgan fingerprint density at radius 3 is 2.31 bits per heavy atom. The number of nitrogens with one attached hydrogen (secondary N) is 1. The van der Waals surface area contributed by atoms with Crippen LogP contribution in [0.2, 0.25) is 0 Å². The molecule has 2 aromatic rings. The minimum Gasteiger partial charge on any atom is -0.481 e. The van der Waals surface area contributed by atoms with Gasteiger partial charge in [-0.25, -0.2) is 4.79 Å². The van der Waals surface area contributed by atoms with Gasteiger partial charge >= 0.3 is 12.1 Å². The van der Waals surface area contributed by atoms with E-state index in [4.69, 9.17) is 4.74 Å². The highest BCUT2D eigenvalue weighted by molar-refractivity contribution is 7.99. The van der Waals surface area contributed by atoms with Crippen molar-refractivity contribution in [1.82, 2.24) is 10.2 Å². The van der Waals surface area contributed by atoms with E-state index in [1.54, 1.807) is 16.7 Å². The Bertz CT molecular complexity index is 1090. The Morgan fingerprint density at radius 1 is 1.06 bits per heavy atom. The molecule has 1 unspecified atom stereocenters. The van der Waals surface area contributed by atoms with E-state index in [2.05, 4.69) is 29.6 Å². The maximum atomic E-state index is 13.2. The molecular formula is C27H30N2O5S. The fourth-order valence-electron chi connectivity index (χ4n) is 5.55. The number of carboxylic acids is 1. The van der Waals surface area contributed by atoms with Gasteiger partial charge in [0.05, 0.1) is 24.4 Å². The summed E-state index contributed by atoms with van der Waals surface area (Å²) in [6.45, 7) is 0.774. The van der Waals surface area contributed by atoms with Crippen LogP contribution in [-0.2, 0) is 14.3 Å². The number of carbonyl (C=O) groups excluding carboxylic acids is 2. The summed E-state index contributed by atoms with van der Waals surface area (Å²) in [5.74, 6) is 0.426. The summed E-state index contributed by atoms with van der Waals surface area (Å²) in [7, 11) is 0. The second-order valence-corrected chi connectivity index (χ2v) is 10.8. The molecule has 0 radical (unpaired) electrons. The summed E-state index contributed by atoms with van der Waals surface area (Å²) >= 11 is 1.68. The number of ether oxygens (including phenoxy) is 1. The lowest BCUT2D eigenvalue weighted by atomic mass is 9.74. The number of fused-ring (bicyclic) bond motifs is 3. The summed E-state index contributed by atoms with van der Waals surface area (Å²) < 4.78 is 5.72. The molecular weight excluding hydrogens is 464 g/mol. The van der Waals surface area contributed by atoms with Gasteiger partial charge in [0, 0.05) is 24.0 Å². The Morgan fingerprint density at radius 2 is 1.71 bits per heavy atom. The van der Waals surface area contributed by atoms with E-state index in [1.165, 1.54) is 11.1 Å². The number of carboxylic acid groups (broad SMARTS) is 1. The van der Waals surface area contributed by atoms with Crippen LogP contribution in [-0.4, -0.2) is 64.2 Å². The lowest BCUT2D eigenvalue weighted by Crippen LogP contribution is -2.58. The molecule has 0 bridgehead atoms. The molecule has 3 aliphatic rings. The predicted octanol–water partition coefficient (Wildman–Crippen LogP) is 4.26. The molecule has 0 spiro atoms. The van der Waals surface area contributed by atoms with Crippen molar-refractivity contribution in [2.75, 3.05) is 24.7 Å². The van der Waals surface area contributed by atoms with Crippen LogP contribution in [0.3, 0.4) is 0 Å². The molecule has 2 aliphatic carbocycles. The first-order chi connectivity index (χ1) is 17.0. The van der Waals surface area contributed by atoms with Crippen LogP contribution in [0, 0.1) is 0 Å². The second-order valence-electron chi connectivity index (χ2n) is 9.67. The van der Waals surface area contributed by atoms with Crippen molar-refractivity contribution in [3.05, 3.63) is 59.7 Å². The quantitative estimate of drug-likeness (QED) is 0.597. The third-order valence-electron chi connectivity index (χ3n) is 7.47. The molecule has 0 aromatic heterocycles. The number of nitrogens with zero attached hydrogens (tertiary/aromatic N) is 1.